The van der Waals surface area contributed by atoms with Crippen molar-refractivity contribution in [2.24, 2.45) is 0 Å². The van der Waals surface area contributed by atoms with E-state index in [1.807, 2.05) is 36.9 Å². The van der Waals surface area contributed by atoms with Gasteiger partial charge in [-0.05, 0) is 114 Å². The summed E-state index contributed by atoms with van der Waals surface area (Å²) < 4.78 is 65.1. The topological polar surface area (TPSA) is 3.24 Å². The van der Waals surface area contributed by atoms with Gasteiger partial charge in [0.05, 0.1) is 15.0 Å². The van der Waals surface area contributed by atoms with Crippen molar-refractivity contribution in [3.8, 4) is 33.4 Å². The van der Waals surface area contributed by atoms with Gasteiger partial charge in [0.2, 0.25) is 0 Å². The van der Waals surface area contributed by atoms with Gasteiger partial charge in [-0.15, -0.1) is 0 Å². The first-order chi connectivity index (χ1) is 30.2. The van der Waals surface area contributed by atoms with Crippen LogP contribution in [0.5, 0.6) is 0 Å². The number of fused-ring (bicyclic) bond motifs is 9. The van der Waals surface area contributed by atoms with Crippen LogP contribution in [0.25, 0.3) is 33.4 Å². The first kappa shape index (κ1) is 26.4. The fraction of sp³-hybridized carbons (Fsp3) is 0.127. The Morgan fingerprint density at radius 2 is 0.929 bits per heavy atom. The van der Waals surface area contributed by atoms with Gasteiger partial charge in [-0.25, -0.2) is 0 Å². The smallest absolute Gasteiger partial charge is 0.0714 e. The van der Waals surface area contributed by atoms with Crippen LogP contribution in [0.4, 0.5) is 17.1 Å². The quantitative estimate of drug-likeness (QED) is 0.171. The molecule has 0 radical (unpaired) electrons. The molecule has 0 bridgehead atoms. The lowest BCUT2D eigenvalue weighted by Gasteiger charge is -2.35. The highest BCUT2D eigenvalue weighted by Crippen LogP contribution is 2.57. The van der Waals surface area contributed by atoms with Crippen LogP contribution in [0, 0.1) is 0 Å². The highest BCUT2D eigenvalue weighted by molar-refractivity contribution is 5.90. The molecule has 0 unspecified atom stereocenters. The van der Waals surface area contributed by atoms with Crippen LogP contribution in [0.1, 0.15) is 81.8 Å². The van der Waals surface area contributed by atoms with E-state index in [4.69, 9.17) is 5.48 Å². The zero-order valence-corrected chi connectivity index (χ0v) is 31.8. The molecule has 3 aliphatic rings. The Labute approximate surface area is 340 Å². The maximum absolute atomic E-state index is 10.2. The Morgan fingerprint density at radius 3 is 1.66 bits per heavy atom. The first-order valence-corrected chi connectivity index (χ1v) is 19.4. The standard InChI is InChI=1S/C55H43N/c1-53(2)47-25-12-8-21-41(47)45-31-29-39(34-51(45)53)56(40-30-32-46-42-22-9-13-26-48(42)54(3,4)52(46)35-40)38-20-16-19-37(33-38)55(36-17-6-5-7-18-36)49-27-14-10-23-43(49)44-24-11-15-28-50(44)55/h5-35H,1-4H3/i8D,12D,21D,25D,29D,31D,34D. The number of rotatable bonds is 5. The van der Waals surface area contributed by atoms with E-state index in [1.165, 1.54) is 11.1 Å². The highest BCUT2D eigenvalue weighted by Gasteiger charge is 2.46. The predicted molar refractivity (Wildman–Crippen MR) is 234 cm³/mol. The lowest BCUT2D eigenvalue weighted by Crippen LogP contribution is -2.28. The minimum atomic E-state index is -1.08. The summed E-state index contributed by atoms with van der Waals surface area (Å²) in [6.45, 7) is 8.18. The van der Waals surface area contributed by atoms with Gasteiger partial charge in [-0.1, -0.05) is 179 Å². The zero-order chi connectivity index (χ0) is 43.9. The van der Waals surface area contributed by atoms with Crippen LogP contribution >= 0.6 is 0 Å². The molecule has 56 heavy (non-hydrogen) atoms. The molecular formula is C55H43N. The fourth-order valence-corrected chi connectivity index (χ4v) is 10.1. The summed E-state index contributed by atoms with van der Waals surface area (Å²) in [5.74, 6) is 0. The van der Waals surface area contributed by atoms with Crippen molar-refractivity contribution < 1.29 is 9.60 Å². The molecule has 8 aromatic rings. The third kappa shape index (κ3) is 4.37. The lowest BCUT2D eigenvalue weighted by atomic mass is 9.67. The second-order valence-electron chi connectivity index (χ2n) is 16.3. The van der Waals surface area contributed by atoms with E-state index >= 15 is 0 Å². The van der Waals surface area contributed by atoms with E-state index in [2.05, 4.69) is 141 Å². The summed E-state index contributed by atoms with van der Waals surface area (Å²) >= 11 is 0. The predicted octanol–water partition coefficient (Wildman–Crippen LogP) is 14.1. The lowest BCUT2D eigenvalue weighted by molar-refractivity contribution is 0.660. The second-order valence-corrected chi connectivity index (χ2v) is 16.3. The Kier molecular flexibility index (Phi) is 5.55. The average Bonchev–Trinajstić information content (AvgIpc) is 3.83. The Morgan fingerprint density at radius 1 is 0.375 bits per heavy atom. The summed E-state index contributed by atoms with van der Waals surface area (Å²) in [4.78, 5) is 1.96. The summed E-state index contributed by atoms with van der Waals surface area (Å²) in [5.41, 5.74) is 12.1. The second kappa shape index (κ2) is 11.8. The molecule has 0 amide bonds. The van der Waals surface area contributed by atoms with Crippen molar-refractivity contribution in [1.82, 2.24) is 0 Å². The van der Waals surface area contributed by atoms with Crippen molar-refractivity contribution in [3.63, 3.8) is 0 Å². The molecule has 1 heteroatoms. The van der Waals surface area contributed by atoms with Gasteiger partial charge in [0, 0.05) is 27.9 Å². The molecule has 11 rings (SSSR count). The molecule has 8 aromatic carbocycles. The molecule has 0 aliphatic heterocycles. The van der Waals surface area contributed by atoms with Gasteiger partial charge >= 0.3 is 0 Å². The molecule has 0 aromatic heterocycles. The molecule has 0 N–H and O–H groups in total. The maximum atomic E-state index is 10.2. The largest absolute Gasteiger partial charge is 0.310 e. The van der Waals surface area contributed by atoms with Gasteiger partial charge in [0.15, 0.2) is 0 Å². The first-order valence-electron chi connectivity index (χ1n) is 22.9. The normalized spacial score (nSPS) is 17.3. The van der Waals surface area contributed by atoms with Crippen molar-refractivity contribution in [3.05, 3.63) is 232 Å². The van der Waals surface area contributed by atoms with Crippen molar-refractivity contribution >= 4 is 17.1 Å². The van der Waals surface area contributed by atoms with Crippen LogP contribution in [-0.4, -0.2) is 0 Å². The molecular weight excluding hydrogens is 675 g/mol. The summed E-state index contributed by atoms with van der Waals surface area (Å²) in [6.07, 6.45) is 0. The van der Waals surface area contributed by atoms with Crippen molar-refractivity contribution in [2.45, 2.75) is 43.9 Å². The van der Waals surface area contributed by atoms with E-state index < -0.39 is 16.9 Å². The third-order valence-electron chi connectivity index (χ3n) is 12.7. The molecule has 0 spiro atoms. The molecule has 3 aliphatic carbocycles. The monoisotopic (exact) mass is 724 g/mol. The SMILES string of the molecule is [2H]c1c([2H])c([2H])c2c(c1[2H])-c1c([2H])c([2H])c(N(c3cccc(C4(c5ccccc5)c5ccccc5-c5ccccc54)c3)c3ccc4c(c3)C(C)(C)c3ccccc3-4)c([2H])c1C2(C)C. The number of anilines is 3. The van der Waals surface area contributed by atoms with E-state index in [1.54, 1.807) is 0 Å². The van der Waals surface area contributed by atoms with Gasteiger partial charge in [-0.3, -0.25) is 0 Å². The van der Waals surface area contributed by atoms with Gasteiger partial charge in [0.1, 0.15) is 0 Å². The number of nitrogens with zero attached hydrogens (tertiary/aromatic N) is 1. The molecule has 268 valence electrons. The molecule has 0 saturated heterocycles. The number of hydrogen-bond donors (Lipinski definition) is 0. The zero-order valence-electron chi connectivity index (χ0n) is 38.8. The minimum Gasteiger partial charge on any atom is -0.310 e. The van der Waals surface area contributed by atoms with Crippen LogP contribution in [0.3, 0.4) is 0 Å². The van der Waals surface area contributed by atoms with Gasteiger partial charge < -0.3 is 4.90 Å². The Balaban J connectivity index is 1.22. The summed E-state index contributed by atoms with van der Waals surface area (Å²) in [6, 6.07) is 49.4. The molecule has 1 nitrogen and oxygen atoms in total. The van der Waals surface area contributed by atoms with Crippen molar-refractivity contribution in [2.75, 3.05) is 4.90 Å². The Hall–Kier alpha value is -6.44. The average molecular weight is 725 g/mol. The molecule has 0 heterocycles. The molecule has 0 fully saturated rings. The minimum absolute atomic E-state index is 0.00633. The fourth-order valence-electron chi connectivity index (χ4n) is 10.1. The number of hydrogen-bond acceptors (Lipinski definition) is 1. The highest BCUT2D eigenvalue weighted by atomic mass is 15.1. The molecule has 0 saturated carbocycles. The van der Waals surface area contributed by atoms with Gasteiger partial charge in [-0.2, -0.15) is 0 Å². The van der Waals surface area contributed by atoms with Crippen LogP contribution in [-0.2, 0) is 16.2 Å². The maximum Gasteiger partial charge on any atom is 0.0714 e. The number of benzene rings is 8. The van der Waals surface area contributed by atoms with E-state index in [0.29, 0.717) is 16.8 Å². The van der Waals surface area contributed by atoms with Gasteiger partial charge in [0.25, 0.3) is 0 Å². The Bertz CT molecular complexity index is 3230. The van der Waals surface area contributed by atoms with E-state index in [-0.39, 0.29) is 58.5 Å². The van der Waals surface area contributed by atoms with E-state index in [9.17, 15) is 4.11 Å². The summed E-state index contributed by atoms with van der Waals surface area (Å²) in [5, 5.41) is 0. The van der Waals surface area contributed by atoms with Crippen LogP contribution < -0.4 is 4.90 Å². The van der Waals surface area contributed by atoms with E-state index in [0.717, 1.165) is 50.2 Å². The molecule has 0 atom stereocenters. The van der Waals surface area contributed by atoms with Crippen LogP contribution in [0.15, 0.2) is 188 Å². The summed E-state index contributed by atoms with van der Waals surface area (Å²) in [7, 11) is 0. The third-order valence-corrected chi connectivity index (χ3v) is 12.7. The van der Waals surface area contributed by atoms with Crippen LogP contribution in [0.2, 0.25) is 0 Å². The van der Waals surface area contributed by atoms with Crippen molar-refractivity contribution in [1.29, 1.82) is 0 Å².